The van der Waals surface area contributed by atoms with Crippen LogP contribution in [0.15, 0.2) is 102 Å². The van der Waals surface area contributed by atoms with Crippen molar-refractivity contribution in [2.45, 2.75) is 31.1 Å². The standard InChI is InChI=1S/C29H27N3O4S/c33-27(34)26(32-36-25-18-10-11-19-35-25)24-20-37-28(30-24)31-29(21-12-4-1-5-13-21,22-14-6-2-7-15-22)23-16-8-3-9-17-23/h1-9,12-17,20,25H,10-11,18-19H2,(H,30,31)(H,33,34)/b32-26+. The lowest BCUT2D eigenvalue weighted by atomic mass is 9.77. The molecule has 1 unspecified atom stereocenters. The first kappa shape index (κ1) is 24.7. The van der Waals surface area contributed by atoms with Crippen LogP contribution in [0.1, 0.15) is 41.6 Å². The lowest BCUT2D eigenvalue weighted by molar-refractivity contribution is -0.162. The van der Waals surface area contributed by atoms with Gasteiger partial charge in [-0.3, -0.25) is 0 Å². The molecule has 0 bridgehead atoms. The molecule has 1 atom stereocenters. The molecule has 1 aliphatic heterocycles. The smallest absolute Gasteiger partial charge is 0.360 e. The van der Waals surface area contributed by atoms with Crippen molar-refractivity contribution >= 4 is 28.1 Å². The van der Waals surface area contributed by atoms with E-state index >= 15 is 0 Å². The minimum atomic E-state index is -1.21. The van der Waals surface area contributed by atoms with E-state index in [1.54, 1.807) is 5.38 Å². The number of nitrogens with zero attached hydrogens (tertiary/aromatic N) is 2. The average Bonchev–Trinajstić information content (AvgIpc) is 3.41. The van der Waals surface area contributed by atoms with E-state index < -0.39 is 17.8 Å². The number of anilines is 1. The summed E-state index contributed by atoms with van der Waals surface area (Å²) in [6.45, 7) is 0.577. The predicted octanol–water partition coefficient (Wildman–Crippen LogP) is 5.88. The Morgan fingerprint density at radius 1 is 0.946 bits per heavy atom. The molecule has 3 aromatic carbocycles. The fraction of sp³-hybridized carbons (Fsp3) is 0.207. The van der Waals surface area contributed by atoms with Gasteiger partial charge in [-0.05, 0) is 29.5 Å². The highest BCUT2D eigenvalue weighted by atomic mass is 32.1. The second kappa shape index (κ2) is 11.4. The molecule has 1 aromatic heterocycles. The van der Waals surface area contributed by atoms with Crippen molar-refractivity contribution in [3.8, 4) is 0 Å². The van der Waals surface area contributed by atoms with E-state index in [9.17, 15) is 9.90 Å². The van der Waals surface area contributed by atoms with Crippen LogP contribution in [0.5, 0.6) is 0 Å². The molecule has 7 nitrogen and oxygen atoms in total. The maximum atomic E-state index is 12.0. The van der Waals surface area contributed by atoms with Gasteiger partial charge in [0.15, 0.2) is 5.13 Å². The fourth-order valence-electron chi connectivity index (χ4n) is 4.48. The van der Waals surface area contributed by atoms with Crippen molar-refractivity contribution in [3.63, 3.8) is 0 Å². The molecule has 0 saturated carbocycles. The Hall–Kier alpha value is -4.01. The van der Waals surface area contributed by atoms with Gasteiger partial charge in [-0.25, -0.2) is 9.78 Å². The second-order valence-corrected chi connectivity index (χ2v) is 9.52. The Kier molecular flexibility index (Phi) is 7.58. The van der Waals surface area contributed by atoms with Gasteiger partial charge in [-0.2, -0.15) is 0 Å². The van der Waals surface area contributed by atoms with Gasteiger partial charge < -0.3 is 20.0 Å². The number of carboxylic acids is 1. The summed E-state index contributed by atoms with van der Waals surface area (Å²) >= 11 is 1.31. The van der Waals surface area contributed by atoms with E-state index in [1.807, 2.05) is 54.6 Å². The third-order valence-electron chi connectivity index (χ3n) is 6.26. The molecule has 0 aliphatic carbocycles. The molecular formula is C29H27N3O4S. The van der Waals surface area contributed by atoms with Crippen LogP contribution < -0.4 is 5.32 Å². The van der Waals surface area contributed by atoms with E-state index in [0.29, 0.717) is 18.2 Å². The van der Waals surface area contributed by atoms with Crippen molar-refractivity contribution in [3.05, 3.63) is 119 Å². The highest BCUT2D eigenvalue weighted by molar-refractivity contribution is 7.14. The summed E-state index contributed by atoms with van der Waals surface area (Å²) in [4.78, 5) is 22.1. The number of hydrogen-bond acceptors (Lipinski definition) is 7. The molecule has 1 aliphatic rings. The van der Waals surface area contributed by atoms with E-state index in [4.69, 9.17) is 9.57 Å². The largest absolute Gasteiger partial charge is 0.476 e. The summed E-state index contributed by atoms with van der Waals surface area (Å²) < 4.78 is 5.51. The van der Waals surface area contributed by atoms with Crippen LogP contribution in [0.3, 0.4) is 0 Å². The maximum Gasteiger partial charge on any atom is 0.360 e. The topological polar surface area (TPSA) is 93.0 Å². The number of aliphatic carboxylic acids is 1. The van der Waals surface area contributed by atoms with E-state index in [1.165, 1.54) is 11.3 Å². The lowest BCUT2D eigenvalue weighted by Gasteiger charge is -2.36. The molecule has 0 spiro atoms. The quantitative estimate of drug-likeness (QED) is 0.165. The second-order valence-electron chi connectivity index (χ2n) is 8.66. The SMILES string of the molecule is O=C(O)/C(=N/OC1CCCCO1)c1csc(NC(c2ccccc2)(c2ccccc2)c2ccccc2)n1. The Morgan fingerprint density at radius 2 is 1.51 bits per heavy atom. The van der Waals surface area contributed by atoms with E-state index in [2.05, 4.69) is 51.9 Å². The molecule has 2 N–H and O–H groups in total. The summed E-state index contributed by atoms with van der Waals surface area (Å²) in [6.07, 6.45) is 2.05. The number of rotatable bonds is 9. The number of ether oxygens (including phenoxy) is 1. The molecule has 5 rings (SSSR count). The molecule has 0 amide bonds. The maximum absolute atomic E-state index is 12.0. The highest BCUT2D eigenvalue weighted by Crippen LogP contribution is 2.40. The van der Waals surface area contributed by atoms with Crippen LogP contribution >= 0.6 is 11.3 Å². The number of thiazole rings is 1. The van der Waals surface area contributed by atoms with Crippen molar-refractivity contribution in [1.29, 1.82) is 0 Å². The van der Waals surface area contributed by atoms with E-state index in [0.717, 1.165) is 29.5 Å². The normalized spacial score (nSPS) is 16.2. The molecule has 1 saturated heterocycles. The van der Waals surface area contributed by atoms with E-state index in [-0.39, 0.29) is 11.4 Å². The van der Waals surface area contributed by atoms with Gasteiger partial charge in [0, 0.05) is 11.8 Å². The van der Waals surface area contributed by atoms with Crippen molar-refractivity contribution < 1.29 is 19.5 Å². The summed E-state index contributed by atoms with van der Waals surface area (Å²) in [7, 11) is 0. The first-order valence-corrected chi connectivity index (χ1v) is 13.0. The molecular weight excluding hydrogens is 486 g/mol. The van der Waals surface area contributed by atoms with Crippen LogP contribution in [0, 0.1) is 0 Å². The van der Waals surface area contributed by atoms with Crippen LogP contribution in [0.25, 0.3) is 0 Å². The minimum Gasteiger partial charge on any atom is -0.476 e. The first-order valence-electron chi connectivity index (χ1n) is 12.2. The van der Waals surface area contributed by atoms with Gasteiger partial charge in [-0.1, -0.05) is 96.2 Å². The average molecular weight is 514 g/mol. The molecule has 8 heteroatoms. The zero-order chi connectivity index (χ0) is 25.5. The Balaban J connectivity index is 1.55. The van der Waals surface area contributed by atoms with Crippen molar-refractivity contribution in [1.82, 2.24) is 4.98 Å². The Bertz CT molecular complexity index is 1240. The summed E-state index contributed by atoms with van der Waals surface area (Å²) in [6, 6.07) is 30.4. The van der Waals surface area contributed by atoms with Gasteiger partial charge >= 0.3 is 5.97 Å². The fourth-order valence-corrected chi connectivity index (χ4v) is 5.23. The number of benzene rings is 3. The first-order chi connectivity index (χ1) is 18.2. The van der Waals surface area contributed by atoms with Crippen molar-refractivity contribution in [2.24, 2.45) is 5.16 Å². The summed E-state index contributed by atoms with van der Waals surface area (Å²) in [5, 5.41) is 19.6. The summed E-state index contributed by atoms with van der Waals surface area (Å²) in [5.41, 5.74) is 2.26. The number of carboxylic acid groups (broad SMARTS) is 1. The van der Waals surface area contributed by atoms with Gasteiger partial charge in [-0.15, -0.1) is 11.3 Å². The zero-order valence-corrected chi connectivity index (χ0v) is 20.9. The molecule has 37 heavy (non-hydrogen) atoms. The zero-order valence-electron chi connectivity index (χ0n) is 20.1. The van der Waals surface area contributed by atoms with Crippen LogP contribution in [-0.4, -0.2) is 34.7 Å². The van der Waals surface area contributed by atoms with Gasteiger partial charge in [0.1, 0.15) is 11.2 Å². The Morgan fingerprint density at radius 3 is 2.00 bits per heavy atom. The van der Waals surface area contributed by atoms with Crippen LogP contribution in [0.2, 0.25) is 0 Å². The molecule has 1 fully saturated rings. The number of carbonyl (C=O) groups is 1. The van der Waals surface area contributed by atoms with Gasteiger partial charge in [0.05, 0.1) is 6.61 Å². The molecule has 2 heterocycles. The third-order valence-corrected chi connectivity index (χ3v) is 7.02. The monoisotopic (exact) mass is 513 g/mol. The molecule has 0 radical (unpaired) electrons. The number of hydrogen-bond donors (Lipinski definition) is 2. The lowest BCUT2D eigenvalue weighted by Crippen LogP contribution is -2.38. The minimum absolute atomic E-state index is 0.221. The third kappa shape index (κ3) is 5.40. The number of nitrogens with one attached hydrogen (secondary N) is 1. The predicted molar refractivity (Wildman–Crippen MR) is 144 cm³/mol. The van der Waals surface area contributed by atoms with Gasteiger partial charge in [0.2, 0.25) is 12.0 Å². The Labute approximate surface area is 219 Å². The summed E-state index contributed by atoms with van der Waals surface area (Å²) in [5.74, 6) is -1.21. The highest BCUT2D eigenvalue weighted by Gasteiger charge is 2.37. The molecule has 4 aromatic rings. The van der Waals surface area contributed by atoms with Crippen LogP contribution in [-0.2, 0) is 19.9 Å². The number of oxime groups is 1. The number of aromatic nitrogens is 1. The van der Waals surface area contributed by atoms with Gasteiger partial charge in [0.25, 0.3) is 0 Å². The van der Waals surface area contributed by atoms with Crippen molar-refractivity contribution in [2.75, 3.05) is 11.9 Å². The van der Waals surface area contributed by atoms with Crippen LogP contribution in [0.4, 0.5) is 5.13 Å². The molecule has 188 valence electrons.